The van der Waals surface area contributed by atoms with Gasteiger partial charge in [-0.1, -0.05) is 5.16 Å². The standard InChI is InChI=1S/C3H6INO/c1-3(2)5-6-4/h1-2H3. The molecule has 0 atom stereocenters. The van der Waals surface area contributed by atoms with E-state index in [4.69, 9.17) is 0 Å². The second-order valence-electron chi connectivity index (χ2n) is 1.11. The quantitative estimate of drug-likeness (QED) is 0.358. The van der Waals surface area contributed by atoms with Crippen molar-refractivity contribution in [1.29, 1.82) is 0 Å². The Hall–Kier alpha value is 0.200. The second kappa shape index (κ2) is 3.39. The van der Waals surface area contributed by atoms with E-state index in [1.807, 2.05) is 13.8 Å². The van der Waals surface area contributed by atoms with Crippen molar-refractivity contribution in [3.8, 4) is 0 Å². The molecule has 0 saturated carbocycles. The van der Waals surface area contributed by atoms with Crippen molar-refractivity contribution in [1.82, 2.24) is 0 Å². The van der Waals surface area contributed by atoms with Gasteiger partial charge in [0.25, 0.3) is 0 Å². The third kappa shape index (κ3) is 4.20. The van der Waals surface area contributed by atoms with E-state index in [9.17, 15) is 0 Å². The summed E-state index contributed by atoms with van der Waals surface area (Å²) < 4.78 is 4.36. The molecule has 0 aromatic carbocycles. The third-order valence-corrected chi connectivity index (χ3v) is 0.414. The maximum absolute atomic E-state index is 4.36. The van der Waals surface area contributed by atoms with E-state index in [2.05, 4.69) is 8.32 Å². The Labute approximate surface area is 51.2 Å². The average Bonchev–Trinajstić information content (AvgIpc) is 1.35. The molecule has 0 spiro atoms. The van der Waals surface area contributed by atoms with Crippen molar-refractivity contribution >= 4 is 28.7 Å². The van der Waals surface area contributed by atoms with Gasteiger partial charge in [0.2, 0.25) is 23.0 Å². The fourth-order valence-electron chi connectivity index (χ4n) is 0.0690. The normalized spacial score (nSPS) is 7.17. The topological polar surface area (TPSA) is 21.6 Å². The van der Waals surface area contributed by atoms with Crippen LogP contribution in [0.4, 0.5) is 0 Å². The zero-order chi connectivity index (χ0) is 4.99. The summed E-state index contributed by atoms with van der Waals surface area (Å²) >= 11 is 1.72. The first kappa shape index (κ1) is 6.20. The Kier molecular flexibility index (Phi) is 3.51. The van der Waals surface area contributed by atoms with Gasteiger partial charge >= 0.3 is 0 Å². The molecule has 0 bridgehead atoms. The van der Waals surface area contributed by atoms with Gasteiger partial charge in [-0.25, -0.2) is 0 Å². The fraction of sp³-hybridized carbons (Fsp3) is 0.667. The molecule has 0 aliphatic carbocycles. The average molecular weight is 199 g/mol. The van der Waals surface area contributed by atoms with Crippen LogP contribution in [-0.2, 0) is 3.17 Å². The SMILES string of the molecule is CC(C)=NOI. The fourth-order valence-corrected chi connectivity index (χ4v) is 0.463. The molecule has 0 radical (unpaired) electrons. The van der Waals surface area contributed by atoms with Crippen LogP contribution in [0.15, 0.2) is 5.16 Å². The van der Waals surface area contributed by atoms with Crippen molar-refractivity contribution < 1.29 is 3.17 Å². The predicted octanol–water partition coefficient (Wildman–Crippen LogP) is 1.75. The molecule has 6 heavy (non-hydrogen) atoms. The first-order valence-electron chi connectivity index (χ1n) is 1.56. The Bertz CT molecular complexity index is 57.8. The highest BCUT2D eigenvalue weighted by atomic mass is 127. The molecule has 0 aromatic heterocycles. The number of hydrogen-bond acceptors (Lipinski definition) is 2. The molecule has 0 heterocycles. The lowest BCUT2D eigenvalue weighted by Gasteiger charge is -1.80. The minimum Gasteiger partial charge on any atom is -0.327 e. The van der Waals surface area contributed by atoms with E-state index in [0.717, 1.165) is 5.71 Å². The summed E-state index contributed by atoms with van der Waals surface area (Å²) in [5, 5.41) is 3.53. The molecule has 0 rings (SSSR count). The van der Waals surface area contributed by atoms with Crippen molar-refractivity contribution in [3.05, 3.63) is 0 Å². The Morgan fingerprint density at radius 3 is 2.17 bits per heavy atom. The van der Waals surface area contributed by atoms with Crippen molar-refractivity contribution in [2.75, 3.05) is 0 Å². The van der Waals surface area contributed by atoms with Crippen LogP contribution in [0.2, 0.25) is 0 Å². The van der Waals surface area contributed by atoms with Gasteiger partial charge in [-0.15, -0.1) is 0 Å². The number of halogens is 1. The van der Waals surface area contributed by atoms with Gasteiger partial charge in [-0.2, -0.15) is 0 Å². The molecule has 0 aromatic rings. The van der Waals surface area contributed by atoms with Gasteiger partial charge in [0.1, 0.15) is 0 Å². The molecule has 3 heteroatoms. The molecule has 0 fully saturated rings. The van der Waals surface area contributed by atoms with E-state index in [1.165, 1.54) is 0 Å². The van der Waals surface area contributed by atoms with Crippen LogP contribution in [-0.4, -0.2) is 5.71 Å². The van der Waals surface area contributed by atoms with Crippen LogP contribution in [0.1, 0.15) is 13.8 Å². The maximum atomic E-state index is 4.36. The Morgan fingerprint density at radius 2 is 2.17 bits per heavy atom. The van der Waals surface area contributed by atoms with E-state index < -0.39 is 0 Å². The van der Waals surface area contributed by atoms with E-state index in [1.54, 1.807) is 23.0 Å². The highest BCUT2D eigenvalue weighted by Crippen LogP contribution is 1.85. The molecule has 0 N–H and O–H groups in total. The van der Waals surface area contributed by atoms with Gasteiger partial charge < -0.3 is 3.17 Å². The summed E-state index contributed by atoms with van der Waals surface area (Å²) in [6.07, 6.45) is 0. The van der Waals surface area contributed by atoms with Crippen LogP contribution in [0.3, 0.4) is 0 Å². The van der Waals surface area contributed by atoms with Crippen LogP contribution in [0.25, 0.3) is 0 Å². The lowest BCUT2D eigenvalue weighted by Crippen LogP contribution is -1.76. The largest absolute Gasteiger partial charge is 0.327 e. The van der Waals surface area contributed by atoms with Gasteiger partial charge in [0.15, 0.2) is 0 Å². The van der Waals surface area contributed by atoms with Crippen LogP contribution >= 0.6 is 23.0 Å². The molecule has 2 nitrogen and oxygen atoms in total. The summed E-state index contributed by atoms with van der Waals surface area (Å²) in [5.41, 5.74) is 0.935. The van der Waals surface area contributed by atoms with Gasteiger partial charge in [-0.05, 0) is 13.8 Å². The number of nitrogens with zero attached hydrogens (tertiary/aromatic N) is 1. The lowest BCUT2D eigenvalue weighted by molar-refractivity contribution is 0.463. The summed E-state index contributed by atoms with van der Waals surface area (Å²) in [5.74, 6) is 0. The molecule has 0 aliphatic rings. The molecule has 36 valence electrons. The molecular weight excluding hydrogens is 193 g/mol. The summed E-state index contributed by atoms with van der Waals surface area (Å²) in [6, 6.07) is 0. The number of rotatable bonds is 1. The first-order chi connectivity index (χ1) is 2.77. The van der Waals surface area contributed by atoms with Gasteiger partial charge in [0, 0.05) is 0 Å². The Balaban J connectivity index is 3.14. The van der Waals surface area contributed by atoms with Gasteiger partial charge in [-0.3, -0.25) is 0 Å². The second-order valence-corrected chi connectivity index (χ2v) is 1.50. The first-order valence-corrected chi connectivity index (χ1v) is 2.44. The summed E-state index contributed by atoms with van der Waals surface area (Å²) in [6.45, 7) is 3.75. The van der Waals surface area contributed by atoms with Crippen LogP contribution in [0.5, 0.6) is 0 Å². The molecule has 0 amide bonds. The number of hydrogen-bond donors (Lipinski definition) is 0. The molecule has 0 unspecified atom stereocenters. The maximum Gasteiger partial charge on any atom is 0.230 e. The lowest BCUT2D eigenvalue weighted by atomic mass is 10.5. The third-order valence-electron chi connectivity index (χ3n) is 0.217. The van der Waals surface area contributed by atoms with Crippen molar-refractivity contribution in [3.63, 3.8) is 0 Å². The molecular formula is C3H6INO. The Morgan fingerprint density at radius 1 is 1.67 bits per heavy atom. The highest BCUT2D eigenvalue weighted by Gasteiger charge is 1.70. The van der Waals surface area contributed by atoms with Crippen molar-refractivity contribution in [2.45, 2.75) is 13.8 Å². The smallest absolute Gasteiger partial charge is 0.230 e. The van der Waals surface area contributed by atoms with Gasteiger partial charge in [0.05, 0.1) is 5.71 Å². The van der Waals surface area contributed by atoms with Crippen LogP contribution in [0, 0.1) is 0 Å². The van der Waals surface area contributed by atoms with E-state index >= 15 is 0 Å². The van der Waals surface area contributed by atoms with E-state index in [0.29, 0.717) is 0 Å². The highest BCUT2D eigenvalue weighted by molar-refractivity contribution is 14.1. The summed E-state index contributed by atoms with van der Waals surface area (Å²) in [4.78, 5) is 0. The zero-order valence-corrected chi connectivity index (χ0v) is 5.89. The van der Waals surface area contributed by atoms with Crippen molar-refractivity contribution in [2.24, 2.45) is 5.16 Å². The minimum atomic E-state index is 0.935. The molecule has 0 saturated heterocycles. The van der Waals surface area contributed by atoms with E-state index in [-0.39, 0.29) is 0 Å². The zero-order valence-electron chi connectivity index (χ0n) is 3.73. The predicted molar refractivity (Wildman–Crippen MR) is 33.9 cm³/mol. The summed E-state index contributed by atoms with van der Waals surface area (Å²) in [7, 11) is 0. The monoisotopic (exact) mass is 199 g/mol. The number of oxime groups is 1. The van der Waals surface area contributed by atoms with Crippen LogP contribution < -0.4 is 0 Å². The minimum absolute atomic E-state index is 0.935. The molecule has 0 aliphatic heterocycles.